The van der Waals surface area contributed by atoms with E-state index in [2.05, 4.69) is 31.1 Å². The molecule has 0 aliphatic carbocycles. The van der Waals surface area contributed by atoms with Crippen molar-refractivity contribution >= 4 is 11.5 Å². The van der Waals surface area contributed by atoms with Crippen LogP contribution in [0.5, 0.6) is 5.88 Å². The molecule has 1 unspecified atom stereocenters. The van der Waals surface area contributed by atoms with Crippen LogP contribution in [-0.4, -0.2) is 17.6 Å². The van der Waals surface area contributed by atoms with Crippen molar-refractivity contribution in [2.75, 3.05) is 17.7 Å². The van der Waals surface area contributed by atoms with Crippen LogP contribution in [0, 0.1) is 0 Å². The average Bonchev–Trinajstić information content (AvgIpc) is 2.38. The molecule has 0 spiro atoms. The normalized spacial score (nSPS) is 12.2. The van der Waals surface area contributed by atoms with Gasteiger partial charge >= 0.3 is 0 Å². The van der Waals surface area contributed by atoms with E-state index in [0.29, 0.717) is 24.2 Å². The summed E-state index contributed by atoms with van der Waals surface area (Å²) in [6, 6.07) is 4.22. The number of ether oxygens (including phenoxy) is 1. The maximum atomic E-state index is 5.84. The zero-order valence-electron chi connectivity index (χ0n) is 11.7. The van der Waals surface area contributed by atoms with E-state index < -0.39 is 0 Å². The Kier molecular flexibility index (Phi) is 6.33. The van der Waals surface area contributed by atoms with E-state index in [4.69, 9.17) is 10.5 Å². The van der Waals surface area contributed by atoms with Gasteiger partial charge in [0.05, 0.1) is 12.3 Å². The molecule has 0 saturated carbocycles. The predicted octanol–water partition coefficient (Wildman–Crippen LogP) is 3.44. The van der Waals surface area contributed by atoms with E-state index in [9.17, 15) is 0 Å². The number of anilines is 2. The van der Waals surface area contributed by atoms with Gasteiger partial charge in [0.25, 0.3) is 0 Å². The number of aromatic nitrogens is 1. The number of rotatable bonds is 8. The van der Waals surface area contributed by atoms with Crippen LogP contribution in [0.2, 0.25) is 0 Å². The van der Waals surface area contributed by atoms with E-state index in [1.54, 1.807) is 0 Å². The number of pyridine rings is 1. The molecular formula is C14H25N3O. The number of nitrogens with one attached hydrogen (secondary N) is 1. The Morgan fingerprint density at radius 2 is 2.06 bits per heavy atom. The van der Waals surface area contributed by atoms with Crippen molar-refractivity contribution in [1.82, 2.24) is 4.98 Å². The van der Waals surface area contributed by atoms with Crippen LogP contribution in [0.25, 0.3) is 0 Å². The van der Waals surface area contributed by atoms with Gasteiger partial charge in [-0.15, -0.1) is 0 Å². The summed E-state index contributed by atoms with van der Waals surface area (Å²) in [7, 11) is 0. The molecule has 0 aromatic carbocycles. The van der Waals surface area contributed by atoms with Gasteiger partial charge in [0.15, 0.2) is 0 Å². The molecule has 4 heteroatoms. The Hall–Kier alpha value is -1.45. The van der Waals surface area contributed by atoms with Gasteiger partial charge in [0.1, 0.15) is 5.82 Å². The van der Waals surface area contributed by atoms with Gasteiger partial charge in [-0.2, -0.15) is 4.98 Å². The quantitative estimate of drug-likeness (QED) is 0.743. The fourth-order valence-electron chi connectivity index (χ4n) is 1.78. The molecule has 4 nitrogen and oxygen atoms in total. The van der Waals surface area contributed by atoms with Gasteiger partial charge in [0.2, 0.25) is 5.88 Å². The second kappa shape index (κ2) is 7.80. The standard InChI is InChI=1S/C14H25N3O/c1-4-7-11(6-3)16-13-9-8-12(15)14(17-13)18-10-5-2/h8-9,11H,4-7,10,15H2,1-3H3,(H,16,17). The van der Waals surface area contributed by atoms with Crippen LogP contribution in [-0.2, 0) is 0 Å². The SMILES string of the molecule is CCCOc1nc(NC(CC)CCC)ccc1N. The van der Waals surface area contributed by atoms with Crippen LogP contribution < -0.4 is 15.8 Å². The second-order valence-electron chi connectivity index (χ2n) is 4.48. The summed E-state index contributed by atoms with van der Waals surface area (Å²) in [5.74, 6) is 1.38. The van der Waals surface area contributed by atoms with Crippen LogP contribution >= 0.6 is 0 Å². The molecule has 0 radical (unpaired) electrons. The second-order valence-corrected chi connectivity index (χ2v) is 4.48. The minimum atomic E-state index is 0.463. The summed E-state index contributed by atoms with van der Waals surface area (Å²) in [6.45, 7) is 7.08. The van der Waals surface area contributed by atoms with Crippen LogP contribution in [0.1, 0.15) is 46.5 Å². The minimum absolute atomic E-state index is 0.463. The first-order valence-corrected chi connectivity index (χ1v) is 6.87. The summed E-state index contributed by atoms with van der Waals surface area (Å²) >= 11 is 0. The summed E-state index contributed by atoms with van der Waals surface area (Å²) in [5.41, 5.74) is 6.43. The molecule has 3 N–H and O–H groups in total. The first-order chi connectivity index (χ1) is 8.71. The molecule has 102 valence electrons. The number of nitrogens with two attached hydrogens (primary N) is 1. The Balaban J connectivity index is 2.70. The van der Waals surface area contributed by atoms with Crippen LogP contribution in [0.15, 0.2) is 12.1 Å². The van der Waals surface area contributed by atoms with Crippen molar-refractivity contribution in [2.24, 2.45) is 0 Å². The molecule has 0 aliphatic heterocycles. The third-order valence-electron chi connectivity index (χ3n) is 2.81. The first-order valence-electron chi connectivity index (χ1n) is 6.87. The number of hydrogen-bond acceptors (Lipinski definition) is 4. The summed E-state index contributed by atoms with van der Waals surface area (Å²) in [4.78, 5) is 4.42. The van der Waals surface area contributed by atoms with Gasteiger partial charge in [0, 0.05) is 6.04 Å². The highest BCUT2D eigenvalue weighted by Gasteiger charge is 2.08. The molecule has 18 heavy (non-hydrogen) atoms. The van der Waals surface area contributed by atoms with Crippen molar-refractivity contribution in [1.29, 1.82) is 0 Å². The summed E-state index contributed by atoms with van der Waals surface area (Å²) in [6.07, 6.45) is 4.35. The lowest BCUT2D eigenvalue weighted by Crippen LogP contribution is -2.19. The molecule has 0 bridgehead atoms. The van der Waals surface area contributed by atoms with E-state index in [0.717, 1.165) is 25.1 Å². The molecule has 0 saturated heterocycles. The molecule has 0 aliphatic rings. The highest BCUT2D eigenvalue weighted by molar-refractivity contribution is 5.53. The third-order valence-corrected chi connectivity index (χ3v) is 2.81. The Morgan fingerprint density at radius 3 is 2.67 bits per heavy atom. The monoisotopic (exact) mass is 251 g/mol. The maximum absolute atomic E-state index is 5.84. The number of hydrogen-bond donors (Lipinski definition) is 2. The fourth-order valence-corrected chi connectivity index (χ4v) is 1.78. The van der Waals surface area contributed by atoms with E-state index in [1.165, 1.54) is 6.42 Å². The maximum Gasteiger partial charge on any atom is 0.239 e. The van der Waals surface area contributed by atoms with E-state index >= 15 is 0 Å². The Morgan fingerprint density at radius 1 is 1.28 bits per heavy atom. The summed E-state index contributed by atoms with van der Waals surface area (Å²) in [5, 5.41) is 3.43. The van der Waals surface area contributed by atoms with Gasteiger partial charge < -0.3 is 15.8 Å². The fraction of sp³-hybridized carbons (Fsp3) is 0.643. The lowest BCUT2D eigenvalue weighted by atomic mass is 10.1. The summed E-state index contributed by atoms with van der Waals surface area (Å²) < 4.78 is 5.53. The van der Waals surface area contributed by atoms with Crippen molar-refractivity contribution in [3.8, 4) is 5.88 Å². The largest absolute Gasteiger partial charge is 0.476 e. The minimum Gasteiger partial charge on any atom is -0.476 e. The Bertz CT molecular complexity index is 355. The molecule has 1 aromatic rings. The highest BCUT2D eigenvalue weighted by Crippen LogP contribution is 2.22. The first kappa shape index (κ1) is 14.6. The molecule has 1 rings (SSSR count). The van der Waals surface area contributed by atoms with Gasteiger partial charge in [-0.05, 0) is 31.4 Å². The number of nitrogens with zero attached hydrogens (tertiary/aromatic N) is 1. The van der Waals surface area contributed by atoms with Crippen molar-refractivity contribution < 1.29 is 4.74 Å². The van der Waals surface area contributed by atoms with Crippen molar-refractivity contribution in [3.63, 3.8) is 0 Å². The molecule has 1 heterocycles. The smallest absolute Gasteiger partial charge is 0.239 e. The number of nitrogen functional groups attached to an aromatic ring is 1. The third kappa shape index (κ3) is 4.43. The zero-order chi connectivity index (χ0) is 13.4. The van der Waals surface area contributed by atoms with Crippen LogP contribution in [0.3, 0.4) is 0 Å². The molecule has 0 fully saturated rings. The molecule has 1 aromatic heterocycles. The van der Waals surface area contributed by atoms with E-state index in [-0.39, 0.29) is 0 Å². The van der Waals surface area contributed by atoms with Gasteiger partial charge in [-0.25, -0.2) is 0 Å². The van der Waals surface area contributed by atoms with E-state index in [1.807, 2.05) is 12.1 Å². The van der Waals surface area contributed by atoms with Crippen molar-refractivity contribution in [2.45, 2.75) is 52.5 Å². The van der Waals surface area contributed by atoms with Gasteiger partial charge in [-0.1, -0.05) is 27.2 Å². The lowest BCUT2D eigenvalue weighted by molar-refractivity contribution is 0.307. The van der Waals surface area contributed by atoms with Gasteiger partial charge in [-0.3, -0.25) is 0 Å². The average molecular weight is 251 g/mol. The topological polar surface area (TPSA) is 60.2 Å². The predicted molar refractivity (Wildman–Crippen MR) is 77.0 cm³/mol. The molecular weight excluding hydrogens is 226 g/mol. The van der Waals surface area contributed by atoms with Crippen molar-refractivity contribution in [3.05, 3.63) is 12.1 Å². The zero-order valence-corrected chi connectivity index (χ0v) is 11.7. The lowest BCUT2D eigenvalue weighted by Gasteiger charge is -2.17. The highest BCUT2D eigenvalue weighted by atomic mass is 16.5. The molecule has 1 atom stereocenters. The Labute approximate surface area is 110 Å². The molecule has 0 amide bonds. The van der Waals surface area contributed by atoms with Crippen LogP contribution in [0.4, 0.5) is 11.5 Å².